The van der Waals surface area contributed by atoms with E-state index in [1.807, 2.05) is 23.1 Å². The van der Waals surface area contributed by atoms with Gasteiger partial charge in [0.2, 0.25) is 6.79 Å². The number of hydrogen-bond donors (Lipinski definition) is 1. The van der Waals surface area contributed by atoms with Crippen LogP contribution >= 0.6 is 0 Å². The molecule has 2 aromatic rings. The Labute approximate surface area is 193 Å². The van der Waals surface area contributed by atoms with Crippen LogP contribution in [0.5, 0.6) is 17.2 Å². The molecule has 2 heterocycles. The summed E-state index contributed by atoms with van der Waals surface area (Å²) in [4.78, 5) is 27.0. The monoisotopic (exact) mass is 451 g/mol. The van der Waals surface area contributed by atoms with Gasteiger partial charge in [-0.05, 0) is 82.5 Å². The summed E-state index contributed by atoms with van der Waals surface area (Å²) in [5.74, 6) is 1.54. The van der Waals surface area contributed by atoms with Crippen LogP contribution in [0.15, 0.2) is 47.6 Å². The number of hydrogen-bond acceptors (Lipinski definition) is 6. The number of amides is 2. The first-order chi connectivity index (χ1) is 15.9. The molecular formula is C25H29N3O5. The molecule has 2 aliphatic heterocycles. The van der Waals surface area contributed by atoms with Crippen molar-refractivity contribution in [3.8, 4) is 17.2 Å². The summed E-state index contributed by atoms with van der Waals surface area (Å²) in [6, 6.07) is 12.6. The van der Waals surface area contributed by atoms with Crippen molar-refractivity contribution in [2.75, 3.05) is 13.4 Å². The fraction of sp³-hybridized carbons (Fsp3) is 0.400. The molecule has 0 radical (unpaired) electrons. The molecule has 0 unspecified atom stereocenters. The van der Waals surface area contributed by atoms with E-state index < -0.39 is 0 Å². The van der Waals surface area contributed by atoms with E-state index >= 15 is 0 Å². The lowest BCUT2D eigenvalue weighted by Gasteiger charge is -2.38. The van der Waals surface area contributed by atoms with Crippen LogP contribution in [0.3, 0.4) is 0 Å². The molecule has 2 aromatic carbocycles. The highest BCUT2D eigenvalue weighted by Gasteiger charge is 2.29. The van der Waals surface area contributed by atoms with Gasteiger partial charge in [-0.15, -0.1) is 0 Å². The minimum Gasteiger partial charge on any atom is -0.484 e. The minimum atomic E-state index is -0.339. The zero-order valence-corrected chi connectivity index (χ0v) is 19.2. The number of fused-ring (bicyclic) bond motifs is 1. The van der Waals surface area contributed by atoms with Crippen LogP contribution in [-0.4, -0.2) is 47.9 Å². The van der Waals surface area contributed by atoms with Crippen molar-refractivity contribution in [3.05, 3.63) is 53.6 Å². The first-order valence-electron chi connectivity index (χ1n) is 11.2. The normalized spacial score (nSPS) is 19.8. The van der Waals surface area contributed by atoms with E-state index in [-0.39, 0.29) is 37.3 Å². The zero-order valence-electron chi connectivity index (χ0n) is 19.2. The Morgan fingerprint density at radius 3 is 2.42 bits per heavy atom. The molecule has 0 saturated carbocycles. The summed E-state index contributed by atoms with van der Waals surface area (Å²) in [6.07, 6.45) is 3.20. The summed E-state index contributed by atoms with van der Waals surface area (Å²) >= 11 is 0. The second-order valence-corrected chi connectivity index (χ2v) is 8.45. The number of benzene rings is 2. The molecule has 1 saturated heterocycles. The number of nitrogens with one attached hydrogen (secondary N) is 1. The average Bonchev–Trinajstić information content (AvgIpc) is 3.29. The first kappa shape index (κ1) is 22.6. The molecule has 4 rings (SSSR count). The third-order valence-corrected chi connectivity index (χ3v) is 6.08. The van der Waals surface area contributed by atoms with Gasteiger partial charge in [-0.3, -0.25) is 9.59 Å². The number of ether oxygens (including phenoxy) is 3. The Hall–Kier alpha value is -3.55. The van der Waals surface area contributed by atoms with E-state index in [1.165, 1.54) is 0 Å². The number of carbonyl (C=O) groups excluding carboxylic acids is 2. The van der Waals surface area contributed by atoms with Crippen molar-refractivity contribution < 1.29 is 23.8 Å². The van der Waals surface area contributed by atoms with Crippen molar-refractivity contribution in [2.45, 2.75) is 52.1 Å². The second-order valence-electron chi connectivity index (χ2n) is 8.45. The van der Waals surface area contributed by atoms with Gasteiger partial charge >= 0.3 is 0 Å². The molecule has 8 heteroatoms. The van der Waals surface area contributed by atoms with Crippen LogP contribution in [0.25, 0.3) is 0 Å². The van der Waals surface area contributed by atoms with Crippen molar-refractivity contribution >= 4 is 17.5 Å². The van der Waals surface area contributed by atoms with Gasteiger partial charge in [0, 0.05) is 23.2 Å². The van der Waals surface area contributed by atoms with Gasteiger partial charge in [-0.25, -0.2) is 5.43 Å². The van der Waals surface area contributed by atoms with Gasteiger partial charge in [0.1, 0.15) is 5.75 Å². The third-order valence-electron chi connectivity index (χ3n) is 6.08. The maximum absolute atomic E-state index is 12.6. The molecule has 1 fully saturated rings. The number of carbonyl (C=O) groups is 2. The van der Waals surface area contributed by atoms with E-state index in [9.17, 15) is 9.59 Å². The van der Waals surface area contributed by atoms with Crippen molar-refractivity contribution in [1.29, 1.82) is 0 Å². The molecular weight excluding hydrogens is 422 g/mol. The SMILES string of the molecule is C/C(=N/NC(=O)c1ccc(OCC(=O)N2[C@H](C)CCC[C@@H]2C)cc1)c1ccc2c(c1)OCO2. The lowest BCUT2D eigenvalue weighted by atomic mass is 9.97. The lowest BCUT2D eigenvalue weighted by Crippen LogP contribution is -2.49. The predicted octanol–water partition coefficient (Wildman–Crippen LogP) is 3.74. The van der Waals surface area contributed by atoms with Crippen LogP contribution < -0.4 is 19.6 Å². The smallest absolute Gasteiger partial charge is 0.271 e. The summed E-state index contributed by atoms with van der Waals surface area (Å²) in [5.41, 5.74) is 4.47. The fourth-order valence-corrected chi connectivity index (χ4v) is 4.22. The summed E-state index contributed by atoms with van der Waals surface area (Å²) < 4.78 is 16.4. The average molecular weight is 452 g/mol. The predicted molar refractivity (Wildman–Crippen MR) is 124 cm³/mol. The van der Waals surface area contributed by atoms with Crippen LogP contribution in [0, 0.1) is 0 Å². The van der Waals surface area contributed by atoms with Gasteiger partial charge in [0.05, 0.1) is 5.71 Å². The molecule has 33 heavy (non-hydrogen) atoms. The highest BCUT2D eigenvalue weighted by atomic mass is 16.7. The van der Waals surface area contributed by atoms with Gasteiger partial charge in [-0.2, -0.15) is 5.10 Å². The Balaban J connectivity index is 1.30. The van der Waals surface area contributed by atoms with E-state index in [0.717, 1.165) is 24.8 Å². The molecule has 0 aliphatic carbocycles. The molecule has 0 spiro atoms. The highest BCUT2D eigenvalue weighted by molar-refractivity contribution is 6.01. The Morgan fingerprint density at radius 1 is 1.03 bits per heavy atom. The number of rotatable bonds is 6. The standard InChI is InChI=1S/C25H29N3O5/c1-16-5-4-6-17(2)28(16)24(29)14-31-21-10-7-19(8-11-21)25(30)27-26-18(3)20-9-12-22-23(13-20)33-15-32-22/h7-13,16-17H,4-6,14-15H2,1-3H3,(H,27,30)/b26-18-/t16-,17+. The van der Waals surface area contributed by atoms with Crippen molar-refractivity contribution in [3.63, 3.8) is 0 Å². The molecule has 2 atom stereocenters. The van der Waals surface area contributed by atoms with E-state index in [2.05, 4.69) is 24.4 Å². The molecule has 0 bridgehead atoms. The highest BCUT2D eigenvalue weighted by Crippen LogP contribution is 2.32. The van der Waals surface area contributed by atoms with E-state index in [0.29, 0.717) is 28.5 Å². The Morgan fingerprint density at radius 2 is 1.70 bits per heavy atom. The van der Waals surface area contributed by atoms with E-state index in [4.69, 9.17) is 14.2 Å². The molecule has 174 valence electrons. The Kier molecular flexibility index (Phi) is 6.82. The van der Waals surface area contributed by atoms with Crippen LogP contribution in [0.4, 0.5) is 0 Å². The molecule has 1 N–H and O–H groups in total. The van der Waals surface area contributed by atoms with Gasteiger partial charge in [0.15, 0.2) is 18.1 Å². The zero-order chi connectivity index (χ0) is 23.4. The van der Waals surface area contributed by atoms with Gasteiger partial charge in [-0.1, -0.05) is 0 Å². The van der Waals surface area contributed by atoms with Gasteiger partial charge < -0.3 is 19.1 Å². The summed E-state index contributed by atoms with van der Waals surface area (Å²) in [5, 5.41) is 4.18. The van der Waals surface area contributed by atoms with Crippen LogP contribution in [0.2, 0.25) is 0 Å². The quantitative estimate of drug-likeness (QED) is 0.534. The molecule has 2 amide bonds. The maximum atomic E-state index is 12.6. The van der Waals surface area contributed by atoms with Crippen molar-refractivity contribution in [2.24, 2.45) is 5.10 Å². The maximum Gasteiger partial charge on any atom is 0.271 e. The van der Waals surface area contributed by atoms with Crippen LogP contribution in [0.1, 0.15) is 56.0 Å². The molecule has 0 aromatic heterocycles. The number of likely N-dealkylation sites (tertiary alicyclic amines) is 1. The number of nitrogens with zero attached hydrogens (tertiary/aromatic N) is 2. The second kappa shape index (κ2) is 9.94. The lowest BCUT2D eigenvalue weighted by molar-refractivity contribution is -0.139. The Bertz CT molecular complexity index is 1040. The van der Waals surface area contributed by atoms with Crippen molar-refractivity contribution in [1.82, 2.24) is 10.3 Å². The minimum absolute atomic E-state index is 0.00940. The van der Waals surface area contributed by atoms with Crippen LogP contribution in [-0.2, 0) is 4.79 Å². The number of piperidine rings is 1. The van der Waals surface area contributed by atoms with Gasteiger partial charge in [0.25, 0.3) is 11.8 Å². The summed E-state index contributed by atoms with van der Waals surface area (Å²) in [6.45, 7) is 6.15. The topological polar surface area (TPSA) is 89.5 Å². The van der Waals surface area contributed by atoms with E-state index in [1.54, 1.807) is 31.2 Å². The third kappa shape index (κ3) is 5.27. The molecule has 2 aliphatic rings. The first-order valence-corrected chi connectivity index (χ1v) is 11.2. The fourth-order valence-electron chi connectivity index (χ4n) is 4.22. The largest absolute Gasteiger partial charge is 0.484 e. The molecule has 8 nitrogen and oxygen atoms in total. The summed E-state index contributed by atoms with van der Waals surface area (Å²) in [7, 11) is 0. The number of hydrazone groups is 1.